The lowest BCUT2D eigenvalue weighted by atomic mass is 10.1. The highest BCUT2D eigenvalue weighted by molar-refractivity contribution is 7.09. The Morgan fingerprint density at radius 2 is 2.10 bits per heavy atom. The molecule has 0 saturated carbocycles. The quantitative estimate of drug-likeness (QED) is 0.757. The van der Waals surface area contributed by atoms with Crippen LogP contribution in [0.15, 0.2) is 41.8 Å². The first-order chi connectivity index (χ1) is 10.1. The van der Waals surface area contributed by atoms with Crippen LogP contribution in [0.2, 0.25) is 5.02 Å². The standard InChI is InChI=1S/C16H18ClNO2S/c1-18(10-9-12-6-5-11-21-12)15(16(19)20-2)13-7-3-4-8-14(13)17/h3-8,11,15H,9-10H2,1-2H3. The molecular weight excluding hydrogens is 306 g/mol. The van der Waals surface area contributed by atoms with Gasteiger partial charge in [-0.3, -0.25) is 4.90 Å². The molecule has 2 rings (SSSR count). The van der Waals surface area contributed by atoms with Crippen molar-refractivity contribution in [2.75, 3.05) is 20.7 Å². The first kappa shape index (κ1) is 16.0. The third-order valence-electron chi connectivity index (χ3n) is 3.36. The van der Waals surface area contributed by atoms with Crippen molar-refractivity contribution in [1.82, 2.24) is 4.90 Å². The molecule has 0 aliphatic carbocycles. The van der Waals surface area contributed by atoms with Gasteiger partial charge >= 0.3 is 5.97 Å². The molecule has 1 aromatic heterocycles. The van der Waals surface area contributed by atoms with Crippen molar-refractivity contribution < 1.29 is 9.53 Å². The summed E-state index contributed by atoms with van der Waals surface area (Å²) in [6, 6.07) is 11.0. The Hall–Kier alpha value is -1.36. The van der Waals surface area contributed by atoms with Crippen LogP contribution < -0.4 is 0 Å². The van der Waals surface area contributed by atoms with Gasteiger partial charge in [0.25, 0.3) is 0 Å². The summed E-state index contributed by atoms with van der Waals surface area (Å²) in [6.45, 7) is 0.755. The minimum absolute atomic E-state index is 0.295. The van der Waals surface area contributed by atoms with Crippen molar-refractivity contribution >= 4 is 28.9 Å². The molecule has 1 atom stereocenters. The topological polar surface area (TPSA) is 29.5 Å². The molecule has 1 unspecified atom stereocenters. The van der Waals surface area contributed by atoms with Gasteiger partial charge in [-0.15, -0.1) is 11.3 Å². The number of thiophene rings is 1. The van der Waals surface area contributed by atoms with Crippen LogP contribution in [0.1, 0.15) is 16.5 Å². The van der Waals surface area contributed by atoms with Gasteiger partial charge in [0.2, 0.25) is 0 Å². The number of esters is 1. The van der Waals surface area contributed by atoms with Gasteiger partial charge in [-0.05, 0) is 36.5 Å². The van der Waals surface area contributed by atoms with Crippen molar-refractivity contribution in [3.8, 4) is 0 Å². The normalized spacial score (nSPS) is 12.4. The molecule has 0 radical (unpaired) electrons. The number of nitrogens with zero attached hydrogens (tertiary/aromatic N) is 1. The zero-order chi connectivity index (χ0) is 15.2. The average Bonchev–Trinajstić information content (AvgIpc) is 3.00. The Kier molecular flexibility index (Phi) is 5.79. The van der Waals surface area contributed by atoms with Gasteiger partial charge < -0.3 is 4.74 Å². The number of hydrogen-bond acceptors (Lipinski definition) is 4. The van der Waals surface area contributed by atoms with E-state index in [1.807, 2.05) is 36.2 Å². The van der Waals surface area contributed by atoms with E-state index in [1.165, 1.54) is 12.0 Å². The number of halogens is 1. The predicted octanol–water partition coefficient (Wildman–Crippen LogP) is 3.79. The summed E-state index contributed by atoms with van der Waals surface area (Å²) in [5, 5.41) is 2.64. The van der Waals surface area contributed by atoms with Crippen LogP contribution in [-0.4, -0.2) is 31.6 Å². The maximum absolute atomic E-state index is 12.1. The lowest BCUT2D eigenvalue weighted by Crippen LogP contribution is -2.33. The molecule has 0 aliphatic heterocycles. The minimum atomic E-state index is -0.483. The Labute approximate surface area is 134 Å². The van der Waals surface area contributed by atoms with E-state index in [0.717, 1.165) is 18.5 Å². The van der Waals surface area contributed by atoms with Crippen LogP contribution in [0.25, 0.3) is 0 Å². The molecule has 1 aromatic carbocycles. The highest BCUT2D eigenvalue weighted by atomic mass is 35.5. The number of methoxy groups -OCH3 is 1. The molecule has 21 heavy (non-hydrogen) atoms. The molecule has 5 heteroatoms. The average molecular weight is 324 g/mol. The van der Waals surface area contributed by atoms with Gasteiger partial charge in [-0.25, -0.2) is 4.79 Å². The molecule has 0 aliphatic rings. The maximum Gasteiger partial charge on any atom is 0.327 e. The van der Waals surface area contributed by atoms with E-state index < -0.39 is 6.04 Å². The van der Waals surface area contributed by atoms with Gasteiger partial charge in [0.05, 0.1) is 7.11 Å². The summed E-state index contributed by atoms with van der Waals surface area (Å²) in [7, 11) is 3.32. The van der Waals surface area contributed by atoms with E-state index in [4.69, 9.17) is 16.3 Å². The van der Waals surface area contributed by atoms with Crippen LogP contribution in [0, 0.1) is 0 Å². The second-order valence-electron chi connectivity index (χ2n) is 4.76. The van der Waals surface area contributed by atoms with E-state index in [9.17, 15) is 4.79 Å². The molecule has 2 aromatic rings. The Morgan fingerprint density at radius 3 is 2.71 bits per heavy atom. The summed E-state index contributed by atoms with van der Waals surface area (Å²) >= 11 is 7.95. The molecule has 0 bridgehead atoms. The van der Waals surface area contributed by atoms with Crippen LogP contribution in [0.3, 0.4) is 0 Å². The van der Waals surface area contributed by atoms with Crippen LogP contribution >= 0.6 is 22.9 Å². The van der Waals surface area contributed by atoms with Gasteiger partial charge in [-0.2, -0.15) is 0 Å². The van der Waals surface area contributed by atoms with Crippen molar-refractivity contribution in [3.05, 3.63) is 57.2 Å². The largest absolute Gasteiger partial charge is 0.468 e. The lowest BCUT2D eigenvalue weighted by molar-refractivity contribution is -0.146. The van der Waals surface area contributed by atoms with Crippen molar-refractivity contribution in [1.29, 1.82) is 0 Å². The number of carbonyl (C=O) groups is 1. The van der Waals surface area contributed by atoms with E-state index >= 15 is 0 Å². The first-order valence-electron chi connectivity index (χ1n) is 6.68. The summed E-state index contributed by atoms with van der Waals surface area (Å²) in [5.41, 5.74) is 0.777. The molecular formula is C16H18ClNO2S. The van der Waals surface area contributed by atoms with E-state index in [1.54, 1.807) is 17.4 Å². The number of hydrogen-bond donors (Lipinski definition) is 0. The van der Waals surface area contributed by atoms with E-state index in [0.29, 0.717) is 5.02 Å². The predicted molar refractivity (Wildman–Crippen MR) is 86.9 cm³/mol. The monoisotopic (exact) mass is 323 g/mol. The highest BCUT2D eigenvalue weighted by Gasteiger charge is 2.27. The van der Waals surface area contributed by atoms with Gasteiger partial charge in [0, 0.05) is 16.4 Å². The number of carbonyl (C=O) groups excluding carboxylic acids is 1. The molecule has 3 nitrogen and oxygen atoms in total. The van der Waals surface area contributed by atoms with Crippen molar-refractivity contribution in [2.45, 2.75) is 12.5 Å². The molecule has 0 fully saturated rings. The molecule has 0 saturated heterocycles. The number of rotatable bonds is 6. The molecule has 0 amide bonds. The molecule has 0 N–H and O–H groups in total. The smallest absolute Gasteiger partial charge is 0.327 e. The summed E-state index contributed by atoms with van der Waals surface area (Å²) in [4.78, 5) is 15.4. The molecule has 0 spiro atoms. The Morgan fingerprint density at radius 1 is 1.33 bits per heavy atom. The van der Waals surface area contributed by atoms with Crippen LogP contribution in [-0.2, 0) is 16.0 Å². The van der Waals surface area contributed by atoms with E-state index in [2.05, 4.69) is 11.4 Å². The number of ether oxygens (including phenoxy) is 1. The summed E-state index contributed by atoms with van der Waals surface area (Å²) < 4.78 is 4.94. The second kappa shape index (κ2) is 7.59. The zero-order valence-electron chi connectivity index (χ0n) is 12.1. The van der Waals surface area contributed by atoms with Crippen molar-refractivity contribution in [2.24, 2.45) is 0 Å². The molecule has 1 heterocycles. The zero-order valence-corrected chi connectivity index (χ0v) is 13.7. The van der Waals surface area contributed by atoms with E-state index in [-0.39, 0.29) is 5.97 Å². The second-order valence-corrected chi connectivity index (χ2v) is 6.20. The third kappa shape index (κ3) is 4.06. The van der Waals surface area contributed by atoms with Gasteiger partial charge in [0.1, 0.15) is 6.04 Å². The fourth-order valence-electron chi connectivity index (χ4n) is 2.22. The maximum atomic E-state index is 12.1. The third-order valence-corrected chi connectivity index (χ3v) is 4.64. The lowest BCUT2D eigenvalue weighted by Gasteiger charge is -2.26. The minimum Gasteiger partial charge on any atom is -0.468 e. The number of likely N-dealkylation sites (N-methyl/N-ethyl adjacent to an activating group) is 1. The van der Waals surface area contributed by atoms with Crippen LogP contribution in [0.5, 0.6) is 0 Å². The fourth-order valence-corrected chi connectivity index (χ4v) is 3.16. The Balaban J connectivity index is 2.16. The summed E-state index contributed by atoms with van der Waals surface area (Å²) in [5.74, 6) is -0.295. The SMILES string of the molecule is COC(=O)C(c1ccccc1Cl)N(C)CCc1cccs1. The number of benzene rings is 1. The van der Waals surface area contributed by atoms with Gasteiger partial charge in [0.15, 0.2) is 0 Å². The fraction of sp³-hybridized carbons (Fsp3) is 0.312. The Bertz CT molecular complexity index is 586. The molecule has 112 valence electrons. The van der Waals surface area contributed by atoms with Gasteiger partial charge in [-0.1, -0.05) is 35.9 Å². The first-order valence-corrected chi connectivity index (χ1v) is 7.94. The van der Waals surface area contributed by atoms with Crippen molar-refractivity contribution in [3.63, 3.8) is 0 Å². The van der Waals surface area contributed by atoms with Crippen LogP contribution in [0.4, 0.5) is 0 Å². The summed E-state index contributed by atoms with van der Waals surface area (Å²) in [6.07, 6.45) is 0.895. The highest BCUT2D eigenvalue weighted by Crippen LogP contribution is 2.28.